The maximum Gasteiger partial charge on any atom is 0.220 e. The molecular weight excluding hydrogens is 590 g/mol. The highest BCUT2D eigenvalue weighted by Crippen LogP contribution is 2.16. The van der Waals surface area contributed by atoms with Crippen LogP contribution in [0.1, 0.15) is 245 Å². The van der Waals surface area contributed by atoms with Crippen LogP contribution >= 0.6 is 0 Å². The molecule has 2 atom stereocenters. The first-order valence-corrected chi connectivity index (χ1v) is 21.9. The van der Waals surface area contributed by atoms with Crippen LogP contribution in [0, 0.1) is 0 Å². The molecule has 0 aliphatic carbocycles. The van der Waals surface area contributed by atoms with Gasteiger partial charge in [-0.15, -0.1) is 0 Å². The molecule has 0 heterocycles. The van der Waals surface area contributed by atoms with E-state index in [-0.39, 0.29) is 12.5 Å². The number of amides is 1. The molecule has 0 fully saturated rings. The molecule has 3 N–H and O–H groups in total. The molecule has 0 unspecified atom stereocenters. The van der Waals surface area contributed by atoms with Crippen molar-refractivity contribution in [3.8, 4) is 0 Å². The van der Waals surface area contributed by atoms with Gasteiger partial charge in [0, 0.05) is 6.42 Å². The molecule has 0 aromatic heterocycles. The summed E-state index contributed by atoms with van der Waals surface area (Å²) < 4.78 is 0. The summed E-state index contributed by atoms with van der Waals surface area (Å²) >= 11 is 0. The van der Waals surface area contributed by atoms with Crippen LogP contribution in [0.15, 0.2) is 12.2 Å². The smallest absolute Gasteiger partial charge is 0.220 e. The zero-order valence-corrected chi connectivity index (χ0v) is 32.8. The van der Waals surface area contributed by atoms with Crippen LogP contribution in [0.4, 0.5) is 0 Å². The third-order valence-electron chi connectivity index (χ3n) is 10.3. The monoisotopic (exact) mass is 678 g/mol. The molecule has 4 heteroatoms. The van der Waals surface area contributed by atoms with Gasteiger partial charge >= 0.3 is 0 Å². The van der Waals surface area contributed by atoms with Gasteiger partial charge < -0.3 is 15.5 Å². The Morgan fingerprint density at radius 1 is 0.479 bits per heavy atom. The summed E-state index contributed by atoms with van der Waals surface area (Å²) in [5.74, 6) is -0.0594. The van der Waals surface area contributed by atoms with Gasteiger partial charge in [0.05, 0.1) is 18.8 Å². The molecule has 0 radical (unpaired) electrons. The summed E-state index contributed by atoms with van der Waals surface area (Å²) in [4.78, 5) is 12.4. The normalized spacial score (nSPS) is 13.0. The van der Waals surface area contributed by atoms with Crippen LogP contribution in [0.5, 0.6) is 0 Å². The number of carbonyl (C=O) groups excluding carboxylic acids is 1. The van der Waals surface area contributed by atoms with E-state index >= 15 is 0 Å². The van der Waals surface area contributed by atoms with Crippen molar-refractivity contribution in [1.29, 1.82) is 0 Å². The van der Waals surface area contributed by atoms with Gasteiger partial charge in [-0.1, -0.05) is 231 Å². The van der Waals surface area contributed by atoms with Gasteiger partial charge in [-0.3, -0.25) is 4.79 Å². The number of hydrogen-bond acceptors (Lipinski definition) is 3. The van der Waals surface area contributed by atoms with Gasteiger partial charge in [-0.05, 0) is 19.3 Å². The Morgan fingerprint density at radius 3 is 1.08 bits per heavy atom. The van der Waals surface area contributed by atoms with Gasteiger partial charge in [-0.2, -0.15) is 0 Å². The SMILES string of the molecule is CCCCCCCCCCCCCCCC/C=C/[C@@H](O)[C@H](CO)NC(=O)CCCCCCCCCCCCCCCCCCCCCC. The summed E-state index contributed by atoms with van der Waals surface area (Å²) in [6, 6.07) is -0.616. The fourth-order valence-electron chi connectivity index (χ4n) is 6.89. The molecule has 0 rings (SSSR count). The molecule has 1 amide bonds. The predicted molar refractivity (Wildman–Crippen MR) is 212 cm³/mol. The highest BCUT2D eigenvalue weighted by atomic mass is 16.3. The molecule has 286 valence electrons. The minimum absolute atomic E-state index is 0.0594. The van der Waals surface area contributed by atoms with Crippen molar-refractivity contribution in [2.45, 2.75) is 257 Å². The Balaban J connectivity index is 3.52. The van der Waals surface area contributed by atoms with Crippen molar-refractivity contribution in [3.63, 3.8) is 0 Å². The molecule has 0 spiro atoms. The Hall–Kier alpha value is -0.870. The molecule has 0 aromatic carbocycles. The summed E-state index contributed by atoms with van der Waals surface area (Å²) in [6.45, 7) is 4.33. The summed E-state index contributed by atoms with van der Waals surface area (Å²) in [6.07, 6.45) is 50.3. The van der Waals surface area contributed by atoms with Crippen LogP contribution in [0.3, 0.4) is 0 Å². The summed E-state index contributed by atoms with van der Waals surface area (Å²) in [5, 5.41) is 23.0. The topological polar surface area (TPSA) is 69.6 Å². The van der Waals surface area contributed by atoms with Crippen LogP contribution in [0.2, 0.25) is 0 Å². The number of nitrogens with one attached hydrogen (secondary N) is 1. The quantitative estimate of drug-likeness (QED) is 0.0446. The van der Waals surface area contributed by atoms with Crippen LogP contribution < -0.4 is 5.32 Å². The van der Waals surface area contributed by atoms with Crippen LogP contribution in [-0.2, 0) is 4.79 Å². The first-order chi connectivity index (χ1) is 23.7. The third-order valence-corrected chi connectivity index (χ3v) is 10.3. The second kappa shape index (κ2) is 40.6. The molecule has 0 aliphatic heterocycles. The number of aliphatic hydroxyl groups is 2. The standard InChI is InChI=1S/C44H87NO3/c1-3-5-7-9-11-13-15-17-19-21-22-23-24-26-28-30-32-34-36-38-40-44(48)45-42(41-46)43(47)39-37-35-33-31-29-27-25-20-18-16-14-12-10-8-6-4-2/h37,39,42-43,46-47H,3-36,38,40-41H2,1-2H3,(H,45,48)/b39-37+/t42-,43+/m0/s1. The fraction of sp³-hybridized carbons (Fsp3) is 0.932. The number of rotatable bonds is 40. The van der Waals surface area contributed by atoms with Crippen molar-refractivity contribution in [2.75, 3.05) is 6.61 Å². The van der Waals surface area contributed by atoms with Gasteiger partial charge in [0.2, 0.25) is 5.91 Å². The maximum absolute atomic E-state index is 12.4. The lowest BCUT2D eigenvalue weighted by molar-refractivity contribution is -0.123. The van der Waals surface area contributed by atoms with Crippen LogP contribution in [-0.4, -0.2) is 34.9 Å². The lowest BCUT2D eigenvalue weighted by Gasteiger charge is -2.20. The largest absolute Gasteiger partial charge is 0.394 e. The second-order valence-corrected chi connectivity index (χ2v) is 15.1. The number of carbonyl (C=O) groups is 1. The second-order valence-electron chi connectivity index (χ2n) is 15.1. The van der Waals surface area contributed by atoms with Crippen LogP contribution in [0.25, 0.3) is 0 Å². The zero-order valence-electron chi connectivity index (χ0n) is 32.8. The highest BCUT2D eigenvalue weighted by molar-refractivity contribution is 5.76. The van der Waals surface area contributed by atoms with E-state index in [1.807, 2.05) is 6.08 Å². The van der Waals surface area contributed by atoms with E-state index in [1.54, 1.807) is 6.08 Å². The Morgan fingerprint density at radius 2 is 0.771 bits per heavy atom. The summed E-state index contributed by atoms with van der Waals surface area (Å²) in [5.41, 5.74) is 0. The third kappa shape index (κ3) is 36.4. The Bertz CT molecular complexity index is 651. The number of aliphatic hydroxyl groups excluding tert-OH is 2. The van der Waals surface area contributed by atoms with E-state index in [0.29, 0.717) is 6.42 Å². The minimum atomic E-state index is -0.833. The summed E-state index contributed by atoms with van der Waals surface area (Å²) in [7, 11) is 0. The van der Waals surface area contributed by atoms with Crippen molar-refractivity contribution in [1.82, 2.24) is 5.32 Å². The van der Waals surface area contributed by atoms with E-state index in [9.17, 15) is 15.0 Å². The van der Waals surface area contributed by atoms with E-state index in [1.165, 1.54) is 199 Å². The molecule has 0 saturated carbocycles. The molecule has 48 heavy (non-hydrogen) atoms. The lowest BCUT2D eigenvalue weighted by atomic mass is 10.0. The zero-order chi connectivity index (χ0) is 35.0. The molecule has 0 aromatic rings. The maximum atomic E-state index is 12.4. The molecule has 4 nitrogen and oxygen atoms in total. The fourth-order valence-corrected chi connectivity index (χ4v) is 6.89. The first kappa shape index (κ1) is 47.1. The van der Waals surface area contributed by atoms with Crippen molar-refractivity contribution in [2.24, 2.45) is 0 Å². The van der Waals surface area contributed by atoms with Crippen molar-refractivity contribution in [3.05, 3.63) is 12.2 Å². The number of hydrogen-bond donors (Lipinski definition) is 3. The average molecular weight is 678 g/mol. The molecular formula is C44H87NO3. The molecule has 0 saturated heterocycles. The number of allylic oxidation sites excluding steroid dienone is 1. The first-order valence-electron chi connectivity index (χ1n) is 21.9. The molecule has 0 bridgehead atoms. The van der Waals surface area contributed by atoms with E-state index in [0.717, 1.165) is 25.7 Å². The Labute approximate surface area is 301 Å². The Kier molecular flexibility index (Phi) is 39.8. The van der Waals surface area contributed by atoms with E-state index < -0.39 is 12.1 Å². The van der Waals surface area contributed by atoms with Gasteiger partial charge in [0.15, 0.2) is 0 Å². The number of unbranched alkanes of at least 4 members (excludes halogenated alkanes) is 33. The minimum Gasteiger partial charge on any atom is -0.394 e. The predicted octanol–water partition coefficient (Wildman–Crippen LogP) is 13.5. The average Bonchev–Trinajstić information content (AvgIpc) is 3.09. The van der Waals surface area contributed by atoms with E-state index in [2.05, 4.69) is 19.2 Å². The van der Waals surface area contributed by atoms with Crippen molar-refractivity contribution >= 4 is 5.91 Å². The highest BCUT2D eigenvalue weighted by Gasteiger charge is 2.17. The molecule has 0 aliphatic rings. The lowest BCUT2D eigenvalue weighted by Crippen LogP contribution is -2.45. The van der Waals surface area contributed by atoms with Gasteiger partial charge in [-0.25, -0.2) is 0 Å². The van der Waals surface area contributed by atoms with Crippen molar-refractivity contribution < 1.29 is 15.0 Å². The van der Waals surface area contributed by atoms with Gasteiger partial charge in [0.1, 0.15) is 0 Å². The van der Waals surface area contributed by atoms with Gasteiger partial charge in [0.25, 0.3) is 0 Å². The van der Waals surface area contributed by atoms with E-state index in [4.69, 9.17) is 0 Å².